The Morgan fingerprint density at radius 1 is 1.45 bits per heavy atom. The van der Waals surface area contributed by atoms with Gasteiger partial charge in [0, 0.05) is 32.8 Å². The van der Waals surface area contributed by atoms with Crippen LogP contribution in [0.3, 0.4) is 0 Å². The summed E-state index contributed by atoms with van der Waals surface area (Å²) >= 11 is 0. The first-order chi connectivity index (χ1) is 9.63. The molecule has 0 radical (unpaired) electrons. The minimum absolute atomic E-state index is 0.300. The minimum atomic E-state index is -0.891. The number of likely N-dealkylation sites (tertiary alicyclic amines) is 1. The Balaban J connectivity index is 1.99. The molecule has 0 aromatic heterocycles. The van der Waals surface area contributed by atoms with Gasteiger partial charge in [-0.1, -0.05) is 12.1 Å². The maximum atomic E-state index is 10.8. The quantitative estimate of drug-likeness (QED) is 0.849. The number of nitrogens with zero attached hydrogens (tertiary/aromatic N) is 1. The van der Waals surface area contributed by atoms with E-state index in [1.165, 1.54) is 0 Å². The van der Waals surface area contributed by atoms with Crippen LogP contribution in [0.2, 0.25) is 0 Å². The SMILES string of the molecule is COC1CCN(Cc2ccc(C(=O)O)cc2)C(CN)C1. The molecule has 2 rings (SSSR count). The summed E-state index contributed by atoms with van der Waals surface area (Å²) in [5.41, 5.74) is 7.29. The molecule has 0 saturated carbocycles. The minimum Gasteiger partial charge on any atom is -0.478 e. The molecule has 1 aliphatic heterocycles. The molecule has 1 aromatic carbocycles. The smallest absolute Gasteiger partial charge is 0.335 e. The van der Waals surface area contributed by atoms with Gasteiger partial charge in [-0.15, -0.1) is 0 Å². The second kappa shape index (κ2) is 6.83. The van der Waals surface area contributed by atoms with Crippen molar-refractivity contribution in [2.45, 2.75) is 31.5 Å². The molecular formula is C15H22N2O3. The molecule has 0 aliphatic carbocycles. The number of piperidine rings is 1. The van der Waals surface area contributed by atoms with Crippen molar-refractivity contribution < 1.29 is 14.6 Å². The number of methoxy groups -OCH3 is 1. The molecule has 0 bridgehead atoms. The molecular weight excluding hydrogens is 256 g/mol. The van der Waals surface area contributed by atoms with Crippen LogP contribution in [-0.4, -0.2) is 48.3 Å². The van der Waals surface area contributed by atoms with Crippen molar-refractivity contribution in [3.63, 3.8) is 0 Å². The molecule has 1 saturated heterocycles. The van der Waals surface area contributed by atoms with Gasteiger partial charge in [-0.05, 0) is 30.5 Å². The summed E-state index contributed by atoms with van der Waals surface area (Å²) in [6.07, 6.45) is 2.27. The predicted octanol–water partition coefficient (Wildman–Crippen LogP) is 1.32. The number of ether oxygens (including phenoxy) is 1. The van der Waals surface area contributed by atoms with Gasteiger partial charge in [0.25, 0.3) is 0 Å². The van der Waals surface area contributed by atoms with Crippen molar-refractivity contribution >= 4 is 5.97 Å². The number of carboxylic acid groups (broad SMARTS) is 1. The molecule has 2 unspecified atom stereocenters. The second-order valence-electron chi connectivity index (χ2n) is 5.24. The predicted molar refractivity (Wildman–Crippen MR) is 76.7 cm³/mol. The van der Waals surface area contributed by atoms with Gasteiger partial charge in [0.1, 0.15) is 0 Å². The Labute approximate surface area is 119 Å². The summed E-state index contributed by atoms with van der Waals surface area (Å²) in [5.74, 6) is -0.891. The molecule has 0 spiro atoms. The normalized spacial score (nSPS) is 23.7. The second-order valence-corrected chi connectivity index (χ2v) is 5.24. The van der Waals surface area contributed by atoms with Crippen molar-refractivity contribution in [2.75, 3.05) is 20.2 Å². The molecule has 0 amide bonds. The van der Waals surface area contributed by atoms with Crippen molar-refractivity contribution in [1.82, 2.24) is 4.90 Å². The molecule has 1 fully saturated rings. The lowest BCUT2D eigenvalue weighted by Gasteiger charge is -2.38. The van der Waals surface area contributed by atoms with E-state index in [1.54, 1.807) is 19.2 Å². The van der Waals surface area contributed by atoms with Crippen molar-refractivity contribution in [2.24, 2.45) is 5.73 Å². The summed E-state index contributed by atoms with van der Waals surface area (Å²) in [4.78, 5) is 13.2. The number of carboxylic acids is 1. The van der Waals surface area contributed by atoms with E-state index in [1.807, 2.05) is 12.1 Å². The van der Waals surface area contributed by atoms with Crippen LogP contribution in [0, 0.1) is 0 Å². The largest absolute Gasteiger partial charge is 0.478 e. The van der Waals surface area contributed by atoms with Crippen LogP contribution in [0.1, 0.15) is 28.8 Å². The highest BCUT2D eigenvalue weighted by atomic mass is 16.5. The van der Waals surface area contributed by atoms with E-state index in [2.05, 4.69) is 4.90 Å². The van der Waals surface area contributed by atoms with Crippen LogP contribution in [0.25, 0.3) is 0 Å². The lowest BCUT2D eigenvalue weighted by molar-refractivity contribution is 0.0102. The zero-order valence-corrected chi connectivity index (χ0v) is 11.8. The fraction of sp³-hybridized carbons (Fsp3) is 0.533. The summed E-state index contributed by atoms with van der Waals surface area (Å²) in [6, 6.07) is 7.38. The van der Waals surface area contributed by atoms with Crippen LogP contribution >= 0.6 is 0 Å². The first-order valence-corrected chi connectivity index (χ1v) is 6.93. The fourth-order valence-electron chi connectivity index (χ4n) is 2.72. The fourth-order valence-corrected chi connectivity index (χ4v) is 2.72. The number of aromatic carboxylic acids is 1. The molecule has 5 heteroatoms. The molecule has 1 aromatic rings. The number of nitrogens with two attached hydrogens (primary N) is 1. The number of rotatable bonds is 5. The first-order valence-electron chi connectivity index (χ1n) is 6.93. The van der Waals surface area contributed by atoms with Gasteiger partial charge in [0.2, 0.25) is 0 Å². The highest BCUT2D eigenvalue weighted by molar-refractivity contribution is 5.87. The summed E-state index contributed by atoms with van der Waals surface area (Å²) in [5, 5.41) is 8.89. The summed E-state index contributed by atoms with van der Waals surface area (Å²) in [6.45, 7) is 2.38. The zero-order chi connectivity index (χ0) is 14.5. The number of hydrogen-bond donors (Lipinski definition) is 2. The Morgan fingerprint density at radius 2 is 2.15 bits per heavy atom. The third-order valence-electron chi connectivity index (χ3n) is 3.98. The summed E-state index contributed by atoms with van der Waals surface area (Å²) < 4.78 is 5.42. The van der Waals surface area contributed by atoms with Gasteiger partial charge in [-0.2, -0.15) is 0 Å². The maximum absolute atomic E-state index is 10.8. The van der Waals surface area contributed by atoms with E-state index in [4.69, 9.17) is 15.6 Å². The van der Waals surface area contributed by atoms with Gasteiger partial charge in [-0.3, -0.25) is 4.90 Å². The van der Waals surface area contributed by atoms with E-state index in [0.717, 1.165) is 31.5 Å². The van der Waals surface area contributed by atoms with E-state index >= 15 is 0 Å². The van der Waals surface area contributed by atoms with Crippen LogP contribution in [0.4, 0.5) is 0 Å². The number of hydrogen-bond acceptors (Lipinski definition) is 4. The third-order valence-corrected chi connectivity index (χ3v) is 3.98. The average Bonchev–Trinajstić information content (AvgIpc) is 2.48. The lowest BCUT2D eigenvalue weighted by atomic mass is 9.98. The average molecular weight is 278 g/mol. The molecule has 110 valence electrons. The van der Waals surface area contributed by atoms with Crippen molar-refractivity contribution in [3.8, 4) is 0 Å². The van der Waals surface area contributed by atoms with Gasteiger partial charge in [-0.25, -0.2) is 4.79 Å². The molecule has 1 aliphatic rings. The zero-order valence-electron chi connectivity index (χ0n) is 11.8. The van der Waals surface area contributed by atoms with Gasteiger partial charge < -0.3 is 15.6 Å². The highest BCUT2D eigenvalue weighted by Crippen LogP contribution is 2.21. The molecule has 5 nitrogen and oxygen atoms in total. The van der Waals surface area contributed by atoms with Crippen LogP contribution in [0.5, 0.6) is 0 Å². The van der Waals surface area contributed by atoms with Gasteiger partial charge >= 0.3 is 5.97 Å². The maximum Gasteiger partial charge on any atom is 0.335 e. The molecule has 20 heavy (non-hydrogen) atoms. The Hall–Kier alpha value is -1.43. The van der Waals surface area contributed by atoms with E-state index in [0.29, 0.717) is 24.3 Å². The Kier molecular flexibility index (Phi) is 5.11. The van der Waals surface area contributed by atoms with Crippen LogP contribution in [-0.2, 0) is 11.3 Å². The number of benzene rings is 1. The molecule has 3 N–H and O–H groups in total. The number of carbonyl (C=O) groups is 1. The van der Waals surface area contributed by atoms with E-state index in [-0.39, 0.29) is 0 Å². The molecule has 1 heterocycles. The highest BCUT2D eigenvalue weighted by Gasteiger charge is 2.27. The Bertz CT molecular complexity index is 447. The van der Waals surface area contributed by atoms with Crippen LogP contribution in [0.15, 0.2) is 24.3 Å². The lowest BCUT2D eigenvalue weighted by Crippen LogP contribution is -2.47. The topological polar surface area (TPSA) is 75.8 Å². The van der Waals surface area contributed by atoms with E-state index in [9.17, 15) is 4.79 Å². The standard InChI is InChI=1S/C15H22N2O3/c1-20-14-6-7-17(13(8-14)9-16)10-11-2-4-12(5-3-11)15(18)19/h2-5,13-14H,6-10,16H2,1H3,(H,18,19). The van der Waals surface area contributed by atoms with Crippen molar-refractivity contribution in [1.29, 1.82) is 0 Å². The third kappa shape index (κ3) is 3.56. The summed E-state index contributed by atoms with van der Waals surface area (Å²) in [7, 11) is 1.75. The van der Waals surface area contributed by atoms with Crippen LogP contribution < -0.4 is 5.73 Å². The first kappa shape index (κ1) is 15.0. The van der Waals surface area contributed by atoms with Gasteiger partial charge in [0.05, 0.1) is 11.7 Å². The Morgan fingerprint density at radius 3 is 2.70 bits per heavy atom. The van der Waals surface area contributed by atoms with Gasteiger partial charge in [0.15, 0.2) is 0 Å². The molecule has 2 atom stereocenters. The monoisotopic (exact) mass is 278 g/mol. The van der Waals surface area contributed by atoms with Crippen molar-refractivity contribution in [3.05, 3.63) is 35.4 Å². The van der Waals surface area contributed by atoms with E-state index < -0.39 is 5.97 Å².